The van der Waals surface area contributed by atoms with Gasteiger partial charge in [-0.1, -0.05) is 6.07 Å². The van der Waals surface area contributed by atoms with Gasteiger partial charge in [0.2, 0.25) is 0 Å². The third-order valence-corrected chi connectivity index (χ3v) is 4.01. The maximum Gasteiger partial charge on any atom is 0.137 e. The molecule has 0 radical (unpaired) electrons. The average Bonchev–Trinajstić information content (AvgIpc) is 3.07. The van der Waals surface area contributed by atoms with Gasteiger partial charge in [-0.3, -0.25) is 0 Å². The van der Waals surface area contributed by atoms with Gasteiger partial charge >= 0.3 is 0 Å². The number of hydrogen-bond donors (Lipinski definition) is 1. The zero-order chi connectivity index (χ0) is 13.1. The van der Waals surface area contributed by atoms with Gasteiger partial charge in [0.25, 0.3) is 0 Å². The molecule has 2 heterocycles. The van der Waals surface area contributed by atoms with Gasteiger partial charge in [0.05, 0.1) is 5.69 Å². The van der Waals surface area contributed by atoms with Gasteiger partial charge in [0.1, 0.15) is 5.65 Å². The van der Waals surface area contributed by atoms with E-state index in [2.05, 4.69) is 20.9 Å². The molecule has 4 nitrogen and oxygen atoms in total. The maximum atomic E-state index is 5.18. The summed E-state index contributed by atoms with van der Waals surface area (Å²) >= 11 is 0. The SMILES string of the molecule is COCCC1(CNCc2cn3ccccc3n2)CC1. The lowest BCUT2D eigenvalue weighted by Crippen LogP contribution is -2.24. The van der Waals surface area contributed by atoms with Crippen LogP contribution >= 0.6 is 0 Å². The van der Waals surface area contributed by atoms with Gasteiger partial charge in [-0.15, -0.1) is 0 Å². The molecule has 3 rings (SSSR count). The van der Waals surface area contributed by atoms with E-state index < -0.39 is 0 Å². The molecule has 0 amide bonds. The largest absolute Gasteiger partial charge is 0.385 e. The van der Waals surface area contributed by atoms with Gasteiger partial charge in [-0.2, -0.15) is 0 Å². The summed E-state index contributed by atoms with van der Waals surface area (Å²) in [6, 6.07) is 6.07. The normalized spacial score (nSPS) is 16.9. The summed E-state index contributed by atoms with van der Waals surface area (Å²) in [5, 5.41) is 3.54. The van der Waals surface area contributed by atoms with Gasteiger partial charge in [-0.25, -0.2) is 4.98 Å². The second-order valence-corrected chi connectivity index (χ2v) is 5.54. The third kappa shape index (κ3) is 2.96. The number of ether oxygens (including phenoxy) is 1. The van der Waals surface area contributed by atoms with Crippen LogP contribution in [0.15, 0.2) is 30.6 Å². The number of imidazole rings is 1. The summed E-state index contributed by atoms with van der Waals surface area (Å²) in [6.07, 6.45) is 7.95. The van der Waals surface area contributed by atoms with Crippen LogP contribution in [0, 0.1) is 5.41 Å². The van der Waals surface area contributed by atoms with E-state index in [1.807, 2.05) is 24.4 Å². The molecule has 1 aliphatic carbocycles. The van der Waals surface area contributed by atoms with E-state index in [1.165, 1.54) is 19.3 Å². The summed E-state index contributed by atoms with van der Waals surface area (Å²) in [4.78, 5) is 4.59. The Morgan fingerprint density at radius 1 is 1.42 bits per heavy atom. The lowest BCUT2D eigenvalue weighted by molar-refractivity contribution is 0.171. The van der Waals surface area contributed by atoms with Crippen LogP contribution in [0.4, 0.5) is 0 Å². The minimum atomic E-state index is 0.495. The molecule has 0 unspecified atom stereocenters. The molecule has 0 bridgehead atoms. The van der Waals surface area contributed by atoms with E-state index >= 15 is 0 Å². The first-order valence-corrected chi connectivity index (χ1v) is 6.94. The van der Waals surface area contributed by atoms with E-state index in [4.69, 9.17) is 4.74 Å². The molecular formula is C15H21N3O. The van der Waals surface area contributed by atoms with Crippen molar-refractivity contribution in [1.29, 1.82) is 0 Å². The Labute approximate surface area is 113 Å². The zero-order valence-electron chi connectivity index (χ0n) is 11.4. The Hall–Kier alpha value is -1.39. The zero-order valence-corrected chi connectivity index (χ0v) is 11.4. The fourth-order valence-electron chi connectivity index (χ4n) is 2.54. The molecule has 1 aliphatic rings. The van der Waals surface area contributed by atoms with Crippen molar-refractivity contribution in [3.63, 3.8) is 0 Å². The number of methoxy groups -OCH3 is 1. The number of rotatable bonds is 7. The van der Waals surface area contributed by atoms with Gasteiger partial charge in [0, 0.05) is 39.2 Å². The van der Waals surface area contributed by atoms with Crippen LogP contribution < -0.4 is 5.32 Å². The van der Waals surface area contributed by atoms with Gasteiger partial charge in [-0.05, 0) is 36.8 Å². The lowest BCUT2D eigenvalue weighted by atomic mass is 10.0. The van der Waals surface area contributed by atoms with Crippen LogP contribution in [0.2, 0.25) is 0 Å². The Balaban J connectivity index is 1.52. The highest BCUT2D eigenvalue weighted by Gasteiger charge is 2.41. The van der Waals surface area contributed by atoms with E-state index in [-0.39, 0.29) is 0 Å². The van der Waals surface area contributed by atoms with Crippen LogP contribution in [0.5, 0.6) is 0 Å². The summed E-state index contributed by atoms with van der Waals surface area (Å²) in [6.45, 7) is 2.79. The average molecular weight is 259 g/mol. The molecule has 0 aromatic carbocycles. The van der Waals surface area contributed by atoms with Crippen molar-refractivity contribution in [1.82, 2.24) is 14.7 Å². The number of pyridine rings is 1. The third-order valence-electron chi connectivity index (χ3n) is 4.01. The molecule has 2 aromatic heterocycles. The first-order chi connectivity index (χ1) is 9.31. The standard InChI is InChI=1S/C15H21N3O/c1-19-9-7-15(5-6-15)12-16-10-13-11-18-8-3-2-4-14(18)17-13/h2-4,8,11,16H,5-7,9-10,12H2,1H3. The predicted molar refractivity (Wildman–Crippen MR) is 75.1 cm³/mol. The van der Waals surface area contributed by atoms with Crippen LogP contribution in [0.25, 0.3) is 5.65 Å². The molecule has 1 fully saturated rings. The smallest absolute Gasteiger partial charge is 0.137 e. The topological polar surface area (TPSA) is 38.6 Å². The summed E-state index contributed by atoms with van der Waals surface area (Å²) in [5.74, 6) is 0. The van der Waals surface area contributed by atoms with Crippen LogP contribution in [-0.2, 0) is 11.3 Å². The predicted octanol–water partition coefficient (Wildman–Crippen LogP) is 2.24. The number of fused-ring (bicyclic) bond motifs is 1. The van der Waals surface area contributed by atoms with Crippen molar-refractivity contribution < 1.29 is 4.74 Å². The van der Waals surface area contributed by atoms with Crippen LogP contribution in [0.3, 0.4) is 0 Å². The van der Waals surface area contributed by atoms with E-state index in [1.54, 1.807) is 7.11 Å². The second kappa shape index (κ2) is 5.31. The quantitative estimate of drug-likeness (QED) is 0.828. The Kier molecular flexibility index (Phi) is 3.53. The highest BCUT2D eigenvalue weighted by molar-refractivity contribution is 5.39. The van der Waals surface area contributed by atoms with Crippen LogP contribution in [0.1, 0.15) is 25.0 Å². The Bertz CT molecular complexity index is 512. The van der Waals surface area contributed by atoms with E-state index in [0.717, 1.165) is 31.0 Å². The molecular weight excluding hydrogens is 238 g/mol. The summed E-state index contributed by atoms with van der Waals surface area (Å²) in [5.41, 5.74) is 2.61. The fraction of sp³-hybridized carbons (Fsp3) is 0.533. The molecule has 102 valence electrons. The molecule has 1 saturated carbocycles. The molecule has 0 atom stereocenters. The van der Waals surface area contributed by atoms with Crippen molar-refractivity contribution in [2.24, 2.45) is 5.41 Å². The first kappa shape index (κ1) is 12.6. The van der Waals surface area contributed by atoms with Gasteiger partial charge in [0.15, 0.2) is 0 Å². The molecule has 0 saturated heterocycles. The monoisotopic (exact) mass is 259 g/mol. The lowest BCUT2D eigenvalue weighted by Gasteiger charge is -2.14. The van der Waals surface area contributed by atoms with Gasteiger partial charge < -0.3 is 14.5 Å². The molecule has 4 heteroatoms. The van der Waals surface area contributed by atoms with Crippen molar-refractivity contribution >= 4 is 5.65 Å². The minimum Gasteiger partial charge on any atom is -0.385 e. The Morgan fingerprint density at radius 2 is 2.32 bits per heavy atom. The second-order valence-electron chi connectivity index (χ2n) is 5.54. The molecule has 2 aromatic rings. The number of nitrogens with one attached hydrogen (secondary N) is 1. The molecule has 0 aliphatic heterocycles. The summed E-state index contributed by atoms with van der Waals surface area (Å²) < 4.78 is 7.24. The highest BCUT2D eigenvalue weighted by Crippen LogP contribution is 2.48. The molecule has 19 heavy (non-hydrogen) atoms. The number of hydrogen-bond acceptors (Lipinski definition) is 3. The van der Waals surface area contributed by atoms with E-state index in [9.17, 15) is 0 Å². The molecule has 0 spiro atoms. The minimum absolute atomic E-state index is 0.495. The van der Waals surface area contributed by atoms with E-state index in [0.29, 0.717) is 5.41 Å². The maximum absolute atomic E-state index is 5.18. The Morgan fingerprint density at radius 3 is 3.05 bits per heavy atom. The van der Waals surface area contributed by atoms with Crippen molar-refractivity contribution in [3.05, 3.63) is 36.3 Å². The van der Waals surface area contributed by atoms with Crippen molar-refractivity contribution in [3.8, 4) is 0 Å². The first-order valence-electron chi connectivity index (χ1n) is 6.94. The fourth-order valence-corrected chi connectivity index (χ4v) is 2.54. The molecule has 1 N–H and O–H groups in total. The summed E-state index contributed by atoms with van der Waals surface area (Å²) in [7, 11) is 1.78. The number of aromatic nitrogens is 2. The highest BCUT2D eigenvalue weighted by atomic mass is 16.5. The van der Waals surface area contributed by atoms with Crippen LogP contribution in [-0.4, -0.2) is 29.6 Å². The number of nitrogens with zero attached hydrogens (tertiary/aromatic N) is 2. The van der Waals surface area contributed by atoms with Crippen molar-refractivity contribution in [2.45, 2.75) is 25.8 Å². The van der Waals surface area contributed by atoms with Crippen molar-refractivity contribution in [2.75, 3.05) is 20.3 Å².